The number of carbonyl (C=O) groups excluding carboxylic acids is 1. The number of benzene rings is 1. The summed E-state index contributed by atoms with van der Waals surface area (Å²) in [7, 11) is 1.71. The smallest absolute Gasteiger partial charge is 0.341 e. The van der Waals surface area contributed by atoms with Crippen LogP contribution in [0, 0.1) is 11.6 Å². The highest BCUT2D eigenvalue weighted by Crippen LogP contribution is 2.17. The number of nitrogen functional groups attached to an aromatic ring is 1. The number of hydrogen-bond donors (Lipinski definition) is 1. The van der Waals surface area contributed by atoms with Crippen molar-refractivity contribution < 1.29 is 18.3 Å². The van der Waals surface area contributed by atoms with E-state index in [2.05, 4.69) is 5.10 Å². The molecule has 0 aliphatic carbocycles. The van der Waals surface area contributed by atoms with Gasteiger partial charge in [0.2, 0.25) is 0 Å². The van der Waals surface area contributed by atoms with Gasteiger partial charge in [0.1, 0.15) is 18.2 Å². The quantitative estimate of drug-likeness (QED) is 0.678. The van der Waals surface area contributed by atoms with E-state index >= 15 is 0 Å². The Hall–Kier alpha value is -2.44. The molecule has 0 bridgehead atoms. The summed E-state index contributed by atoms with van der Waals surface area (Å²) in [5.41, 5.74) is 4.82. The normalized spacial score (nSPS) is 10.5. The molecule has 0 atom stereocenters. The fraction of sp³-hybridized carbons (Fsp3) is 0.167. The number of anilines is 1. The van der Waals surface area contributed by atoms with Crippen LogP contribution in [0.4, 0.5) is 14.5 Å². The second kappa shape index (κ2) is 5.05. The molecule has 0 saturated heterocycles. The Bertz CT molecular complexity index is 625. The van der Waals surface area contributed by atoms with E-state index in [1.807, 2.05) is 0 Å². The van der Waals surface area contributed by atoms with Crippen molar-refractivity contribution in [1.82, 2.24) is 9.78 Å². The standard InChI is InChI=1S/C12H11F2N3O2/c1-17-3-2-7(16-17)6-19-12(18)8-4-10(14)11(15)5-9(8)13/h2-5H,6,15H2,1H3. The molecule has 0 radical (unpaired) electrons. The van der Waals surface area contributed by atoms with Gasteiger partial charge < -0.3 is 10.5 Å². The number of carbonyl (C=O) groups is 1. The van der Waals surface area contributed by atoms with Crippen molar-refractivity contribution in [2.45, 2.75) is 6.61 Å². The van der Waals surface area contributed by atoms with Crippen molar-refractivity contribution in [2.24, 2.45) is 7.05 Å². The largest absolute Gasteiger partial charge is 0.455 e. The molecule has 0 aliphatic rings. The monoisotopic (exact) mass is 267 g/mol. The zero-order valence-electron chi connectivity index (χ0n) is 10.1. The molecule has 0 unspecified atom stereocenters. The van der Waals surface area contributed by atoms with Gasteiger partial charge in [-0.3, -0.25) is 4.68 Å². The van der Waals surface area contributed by atoms with Gasteiger partial charge in [0.25, 0.3) is 0 Å². The lowest BCUT2D eigenvalue weighted by Crippen LogP contribution is -2.09. The number of rotatable bonds is 3. The van der Waals surface area contributed by atoms with Gasteiger partial charge in [-0.25, -0.2) is 13.6 Å². The van der Waals surface area contributed by atoms with Gasteiger partial charge in [-0.05, 0) is 12.1 Å². The molecular formula is C12H11F2N3O2. The Morgan fingerprint density at radius 3 is 2.79 bits per heavy atom. The minimum atomic E-state index is -0.970. The highest BCUT2D eigenvalue weighted by molar-refractivity contribution is 5.90. The molecular weight excluding hydrogens is 256 g/mol. The Labute approximate surface area is 107 Å². The molecule has 0 spiro atoms. The number of hydrogen-bond acceptors (Lipinski definition) is 4. The van der Waals surface area contributed by atoms with Crippen LogP contribution in [0.3, 0.4) is 0 Å². The van der Waals surface area contributed by atoms with Crippen LogP contribution in [-0.2, 0) is 18.4 Å². The van der Waals surface area contributed by atoms with Crippen molar-refractivity contribution in [1.29, 1.82) is 0 Å². The lowest BCUT2D eigenvalue weighted by molar-refractivity contribution is 0.0461. The van der Waals surface area contributed by atoms with Gasteiger partial charge in [0.15, 0.2) is 0 Å². The number of nitrogens with zero attached hydrogens (tertiary/aromatic N) is 2. The first-order valence-electron chi connectivity index (χ1n) is 5.37. The summed E-state index contributed by atoms with van der Waals surface area (Å²) in [4.78, 5) is 11.6. The van der Waals surface area contributed by atoms with E-state index in [0.717, 1.165) is 6.07 Å². The minimum absolute atomic E-state index is 0.120. The van der Waals surface area contributed by atoms with Gasteiger partial charge >= 0.3 is 5.97 Å². The molecule has 2 rings (SSSR count). The van der Waals surface area contributed by atoms with E-state index in [4.69, 9.17) is 10.5 Å². The third kappa shape index (κ3) is 2.87. The number of aryl methyl sites for hydroxylation is 1. The summed E-state index contributed by atoms with van der Waals surface area (Å²) in [6.07, 6.45) is 1.67. The van der Waals surface area contributed by atoms with Crippen LogP contribution in [0.25, 0.3) is 0 Å². The fourth-order valence-electron chi connectivity index (χ4n) is 1.48. The SMILES string of the molecule is Cn1ccc(COC(=O)c2cc(F)c(N)cc2F)n1. The van der Waals surface area contributed by atoms with Gasteiger partial charge in [-0.15, -0.1) is 0 Å². The molecule has 2 N–H and O–H groups in total. The first-order valence-corrected chi connectivity index (χ1v) is 5.37. The second-order valence-electron chi connectivity index (χ2n) is 3.91. The van der Waals surface area contributed by atoms with Crippen LogP contribution < -0.4 is 5.73 Å². The van der Waals surface area contributed by atoms with Crippen LogP contribution in [0.15, 0.2) is 24.4 Å². The highest BCUT2D eigenvalue weighted by Gasteiger charge is 2.16. The number of aromatic nitrogens is 2. The molecule has 7 heteroatoms. The van der Waals surface area contributed by atoms with E-state index in [0.29, 0.717) is 11.8 Å². The Morgan fingerprint density at radius 1 is 1.42 bits per heavy atom. The molecule has 0 aliphatic heterocycles. The van der Waals surface area contributed by atoms with E-state index in [1.54, 1.807) is 19.3 Å². The number of nitrogens with two attached hydrogens (primary N) is 1. The van der Waals surface area contributed by atoms with E-state index in [1.165, 1.54) is 4.68 Å². The maximum atomic E-state index is 13.4. The first kappa shape index (κ1) is 13.0. The second-order valence-corrected chi connectivity index (χ2v) is 3.91. The fourth-order valence-corrected chi connectivity index (χ4v) is 1.48. The third-order valence-electron chi connectivity index (χ3n) is 2.43. The first-order chi connectivity index (χ1) is 8.97. The van der Waals surface area contributed by atoms with Crippen molar-refractivity contribution >= 4 is 11.7 Å². The summed E-state index contributed by atoms with van der Waals surface area (Å²) >= 11 is 0. The van der Waals surface area contributed by atoms with Crippen molar-refractivity contribution in [3.05, 3.63) is 47.3 Å². The van der Waals surface area contributed by atoms with Crippen LogP contribution in [0.1, 0.15) is 16.1 Å². The lowest BCUT2D eigenvalue weighted by Gasteiger charge is -2.05. The minimum Gasteiger partial charge on any atom is -0.455 e. The molecule has 1 aromatic carbocycles. The average molecular weight is 267 g/mol. The zero-order valence-corrected chi connectivity index (χ0v) is 10.1. The zero-order chi connectivity index (χ0) is 14.0. The molecule has 1 aromatic heterocycles. The highest BCUT2D eigenvalue weighted by atomic mass is 19.1. The van der Waals surface area contributed by atoms with Gasteiger partial charge in [-0.1, -0.05) is 0 Å². The maximum absolute atomic E-state index is 13.4. The Morgan fingerprint density at radius 2 is 2.16 bits per heavy atom. The molecule has 0 saturated carbocycles. The summed E-state index contributed by atoms with van der Waals surface area (Å²) in [6.45, 7) is -0.120. The lowest BCUT2D eigenvalue weighted by atomic mass is 10.2. The van der Waals surface area contributed by atoms with Crippen LogP contribution in [-0.4, -0.2) is 15.7 Å². The average Bonchev–Trinajstić information content (AvgIpc) is 2.77. The van der Waals surface area contributed by atoms with Gasteiger partial charge in [0.05, 0.1) is 16.9 Å². The molecule has 0 amide bonds. The van der Waals surface area contributed by atoms with Gasteiger partial charge in [-0.2, -0.15) is 5.10 Å². The van der Waals surface area contributed by atoms with E-state index in [-0.39, 0.29) is 12.3 Å². The van der Waals surface area contributed by atoms with Gasteiger partial charge in [0, 0.05) is 19.3 Å². The Balaban J connectivity index is 2.10. The number of halogens is 2. The van der Waals surface area contributed by atoms with Crippen LogP contribution in [0.2, 0.25) is 0 Å². The van der Waals surface area contributed by atoms with Crippen molar-refractivity contribution in [2.75, 3.05) is 5.73 Å². The summed E-state index contributed by atoms with van der Waals surface area (Å²) in [5.74, 6) is -2.77. The molecule has 2 aromatic rings. The summed E-state index contributed by atoms with van der Waals surface area (Å²) < 4.78 is 33.0. The predicted octanol–water partition coefficient (Wildman–Crippen LogP) is 1.64. The van der Waals surface area contributed by atoms with E-state index in [9.17, 15) is 13.6 Å². The molecule has 19 heavy (non-hydrogen) atoms. The molecule has 100 valence electrons. The van der Waals surface area contributed by atoms with Crippen LogP contribution >= 0.6 is 0 Å². The topological polar surface area (TPSA) is 70.1 Å². The summed E-state index contributed by atoms with van der Waals surface area (Å²) in [5, 5.41) is 3.98. The summed E-state index contributed by atoms with van der Waals surface area (Å²) in [6, 6.07) is 3.10. The molecule has 5 nitrogen and oxygen atoms in total. The number of esters is 1. The predicted molar refractivity (Wildman–Crippen MR) is 63.1 cm³/mol. The maximum Gasteiger partial charge on any atom is 0.341 e. The Kier molecular flexibility index (Phi) is 3.46. The molecule has 1 heterocycles. The van der Waals surface area contributed by atoms with Crippen molar-refractivity contribution in [3.63, 3.8) is 0 Å². The molecule has 0 fully saturated rings. The third-order valence-corrected chi connectivity index (χ3v) is 2.43. The van der Waals surface area contributed by atoms with E-state index < -0.39 is 23.2 Å². The van der Waals surface area contributed by atoms with Crippen molar-refractivity contribution in [3.8, 4) is 0 Å². The van der Waals surface area contributed by atoms with Crippen LogP contribution in [0.5, 0.6) is 0 Å². The number of ether oxygens (including phenoxy) is 1.